The molecule has 2 aromatic rings. The number of amides is 1. The number of carboxylic acids is 2. The molecule has 1 aliphatic heterocycles. The Morgan fingerprint density at radius 3 is 2.18 bits per heavy atom. The molecule has 1 saturated carbocycles. The van der Waals surface area contributed by atoms with Crippen LogP contribution in [0, 0.1) is 18.3 Å². The number of hydrogen-bond acceptors (Lipinski definition) is 6. The number of halogens is 6. The third-order valence-corrected chi connectivity index (χ3v) is 6.09. The van der Waals surface area contributed by atoms with Crippen molar-refractivity contribution in [1.29, 1.82) is 0 Å². The monoisotopic (exact) mass is 565 g/mol. The highest BCUT2D eigenvalue weighted by molar-refractivity contribution is 5.94. The molecule has 1 amide bonds. The fraction of sp³-hybridized carbons (Fsp3) is 0.458. The lowest BCUT2D eigenvalue weighted by Crippen LogP contribution is -2.35. The van der Waals surface area contributed by atoms with Gasteiger partial charge in [-0.15, -0.1) is 0 Å². The average molecular weight is 565 g/mol. The van der Waals surface area contributed by atoms with Crippen LogP contribution in [0.4, 0.5) is 26.3 Å². The van der Waals surface area contributed by atoms with E-state index < -0.39 is 24.3 Å². The summed E-state index contributed by atoms with van der Waals surface area (Å²) < 4.78 is 69.5. The van der Waals surface area contributed by atoms with E-state index in [4.69, 9.17) is 24.5 Å². The Bertz CT molecular complexity index is 1120. The zero-order valence-electron chi connectivity index (χ0n) is 20.5. The predicted molar refractivity (Wildman–Crippen MR) is 122 cm³/mol. The fourth-order valence-electron chi connectivity index (χ4n) is 4.32. The maximum absolute atomic E-state index is 12.9. The van der Waals surface area contributed by atoms with Crippen molar-refractivity contribution < 1.29 is 55.7 Å². The van der Waals surface area contributed by atoms with Gasteiger partial charge in [-0.3, -0.25) is 14.8 Å². The highest BCUT2D eigenvalue weighted by Crippen LogP contribution is 2.49. The molecule has 2 atom stereocenters. The van der Waals surface area contributed by atoms with Gasteiger partial charge in [-0.2, -0.15) is 26.3 Å². The first-order valence-electron chi connectivity index (χ1n) is 11.4. The maximum Gasteiger partial charge on any atom is 0.490 e. The number of rotatable bonds is 4. The molecule has 214 valence electrons. The largest absolute Gasteiger partial charge is 0.491 e. The topological polar surface area (TPSA) is 130 Å². The second-order valence-electron chi connectivity index (χ2n) is 8.97. The zero-order chi connectivity index (χ0) is 29.4. The highest BCUT2D eigenvalue weighted by atomic mass is 19.4. The summed E-state index contributed by atoms with van der Waals surface area (Å²) in [4.78, 5) is 40.9. The molecule has 15 heteroatoms. The van der Waals surface area contributed by atoms with Gasteiger partial charge in [-0.25, -0.2) is 9.59 Å². The number of carboxylic acid groups (broad SMARTS) is 2. The van der Waals surface area contributed by atoms with Crippen LogP contribution in [-0.2, 0) is 9.59 Å². The molecule has 0 unspecified atom stereocenters. The summed E-state index contributed by atoms with van der Waals surface area (Å²) in [6, 6.07) is 5.74. The molecule has 0 spiro atoms. The summed E-state index contributed by atoms with van der Waals surface area (Å²) in [7, 11) is 0. The van der Waals surface area contributed by atoms with E-state index in [9.17, 15) is 31.1 Å². The standard InChI is InChI=1S/C20H23N3O2.2C2HF3O2/c1-15-8-16(10-22-9-15)19(24)23-12-17-4-2-6-20(17,13-23)14-25-18-5-3-7-21-11-18;2*3-2(4,5)1(6)7/h3,5,7-11,17H,2,4,6,12-14H2,1H3;2*(H,6,7)/t17-,20+;;/m1../s1. The molecular weight excluding hydrogens is 540 g/mol. The van der Waals surface area contributed by atoms with E-state index in [0.717, 1.165) is 30.8 Å². The molecule has 9 nitrogen and oxygen atoms in total. The lowest BCUT2D eigenvalue weighted by molar-refractivity contribution is -0.193. The Morgan fingerprint density at radius 2 is 1.67 bits per heavy atom. The lowest BCUT2D eigenvalue weighted by Gasteiger charge is -2.28. The summed E-state index contributed by atoms with van der Waals surface area (Å²) in [5, 5.41) is 14.2. The molecule has 2 fully saturated rings. The Hall–Kier alpha value is -3.91. The van der Waals surface area contributed by atoms with Crippen molar-refractivity contribution in [3.05, 3.63) is 54.1 Å². The minimum atomic E-state index is -5.08. The van der Waals surface area contributed by atoms with Gasteiger partial charge >= 0.3 is 24.3 Å². The molecule has 3 heterocycles. The van der Waals surface area contributed by atoms with Crippen molar-refractivity contribution in [2.45, 2.75) is 38.5 Å². The normalized spacial score (nSPS) is 20.1. The smallest absolute Gasteiger partial charge is 0.490 e. The van der Waals surface area contributed by atoms with E-state index in [1.54, 1.807) is 24.8 Å². The van der Waals surface area contributed by atoms with Gasteiger partial charge in [0.25, 0.3) is 5.91 Å². The van der Waals surface area contributed by atoms with Gasteiger partial charge in [0.2, 0.25) is 0 Å². The SMILES string of the molecule is Cc1cncc(C(=O)N2C[C@H]3CCC[C@@]3(COc3cccnc3)C2)c1.O=C(O)C(F)(F)F.O=C(O)C(F)(F)F. The molecule has 4 rings (SSSR count). The van der Waals surface area contributed by atoms with E-state index in [1.807, 2.05) is 30.0 Å². The molecule has 0 radical (unpaired) electrons. The van der Waals surface area contributed by atoms with Crippen LogP contribution in [-0.4, -0.2) is 75.0 Å². The van der Waals surface area contributed by atoms with E-state index >= 15 is 0 Å². The van der Waals surface area contributed by atoms with Crippen molar-refractivity contribution in [2.75, 3.05) is 19.7 Å². The van der Waals surface area contributed by atoms with Crippen molar-refractivity contribution in [1.82, 2.24) is 14.9 Å². The van der Waals surface area contributed by atoms with Crippen molar-refractivity contribution in [3.63, 3.8) is 0 Å². The number of aryl methyl sites for hydroxylation is 1. The van der Waals surface area contributed by atoms with Crippen LogP contribution in [0.25, 0.3) is 0 Å². The van der Waals surface area contributed by atoms with Crippen LogP contribution in [0.5, 0.6) is 5.75 Å². The molecule has 0 bridgehead atoms. The first-order valence-corrected chi connectivity index (χ1v) is 11.4. The number of pyridine rings is 2. The number of nitrogens with zero attached hydrogens (tertiary/aromatic N) is 3. The summed E-state index contributed by atoms with van der Waals surface area (Å²) in [5.74, 6) is -4.10. The zero-order valence-corrected chi connectivity index (χ0v) is 20.5. The van der Waals surface area contributed by atoms with Crippen LogP contribution >= 0.6 is 0 Å². The van der Waals surface area contributed by atoms with Crippen LogP contribution in [0.2, 0.25) is 0 Å². The number of aromatic nitrogens is 2. The number of ether oxygens (including phenoxy) is 1. The molecule has 2 N–H and O–H groups in total. The van der Waals surface area contributed by atoms with Crippen LogP contribution in [0.1, 0.15) is 35.2 Å². The van der Waals surface area contributed by atoms with Gasteiger partial charge in [0.1, 0.15) is 5.75 Å². The number of alkyl halides is 6. The molecule has 39 heavy (non-hydrogen) atoms. The Kier molecular flexibility index (Phi) is 10.2. The fourth-order valence-corrected chi connectivity index (χ4v) is 4.32. The second kappa shape index (κ2) is 12.8. The molecule has 2 aromatic heterocycles. The van der Waals surface area contributed by atoms with Crippen molar-refractivity contribution >= 4 is 17.8 Å². The molecule has 0 aromatic carbocycles. The van der Waals surface area contributed by atoms with Gasteiger partial charge in [0.15, 0.2) is 0 Å². The van der Waals surface area contributed by atoms with Crippen LogP contribution < -0.4 is 4.74 Å². The first-order chi connectivity index (χ1) is 18.0. The summed E-state index contributed by atoms with van der Waals surface area (Å²) in [6.45, 7) is 4.21. The van der Waals surface area contributed by atoms with Gasteiger partial charge in [0, 0.05) is 37.1 Å². The third kappa shape index (κ3) is 9.11. The van der Waals surface area contributed by atoms with E-state index in [-0.39, 0.29) is 11.3 Å². The maximum atomic E-state index is 12.9. The van der Waals surface area contributed by atoms with Gasteiger partial charge < -0.3 is 19.8 Å². The van der Waals surface area contributed by atoms with Crippen molar-refractivity contribution in [2.24, 2.45) is 11.3 Å². The minimum absolute atomic E-state index is 0.0722. The number of carbonyl (C=O) groups is 3. The quantitative estimate of drug-likeness (QED) is 0.523. The number of fused-ring (bicyclic) bond motifs is 1. The predicted octanol–water partition coefficient (Wildman–Crippen LogP) is 4.37. The highest BCUT2D eigenvalue weighted by Gasteiger charge is 2.51. The Morgan fingerprint density at radius 1 is 1.05 bits per heavy atom. The summed E-state index contributed by atoms with van der Waals surface area (Å²) in [5.41, 5.74) is 1.77. The Labute approximate surface area is 218 Å². The van der Waals surface area contributed by atoms with Crippen LogP contribution in [0.15, 0.2) is 43.0 Å². The first kappa shape index (κ1) is 31.3. The lowest BCUT2D eigenvalue weighted by atomic mass is 9.81. The van der Waals surface area contributed by atoms with E-state index in [1.165, 1.54) is 12.8 Å². The second-order valence-corrected chi connectivity index (χ2v) is 8.97. The molecular formula is C24H25F6N3O6. The minimum Gasteiger partial charge on any atom is -0.491 e. The summed E-state index contributed by atoms with van der Waals surface area (Å²) in [6.07, 6.45) is 0.280. The number of hydrogen-bond donors (Lipinski definition) is 2. The Balaban J connectivity index is 0.000000317. The molecule has 1 saturated heterocycles. The molecule has 2 aliphatic rings. The average Bonchev–Trinajstić information content (AvgIpc) is 3.40. The van der Waals surface area contributed by atoms with E-state index in [2.05, 4.69) is 9.97 Å². The number of carbonyl (C=O) groups excluding carboxylic acids is 1. The molecule has 1 aliphatic carbocycles. The van der Waals surface area contributed by atoms with E-state index in [0.29, 0.717) is 18.1 Å². The van der Waals surface area contributed by atoms with Gasteiger partial charge in [0.05, 0.1) is 18.4 Å². The number of aliphatic carboxylic acids is 2. The summed E-state index contributed by atoms with van der Waals surface area (Å²) >= 11 is 0. The third-order valence-electron chi connectivity index (χ3n) is 6.09. The van der Waals surface area contributed by atoms with Crippen molar-refractivity contribution in [3.8, 4) is 5.75 Å². The van der Waals surface area contributed by atoms with Gasteiger partial charge in [-0.05, 0) is 49.4 Å². The van der Waals surface area contributed by atoms with Crippen LogP contribution in [0.3, 0.4) is 0 Å². The number of likely N-dealkylation sites (tertiary alicyclic amines) is 1. The van der Waals surface area contributed by atoms with Gasteiger partial charge in [-0.1, -0.05) is 6.42 Å².